The molecule has 31 heavy (non-hydrogen) atoms. The third-order valence-electron chi connectivity index (χ3n) is 3.11. The van der Waals surface area contributed by atoms with E-state index in [0.29, 0.717) is 0 Å². The summed E-state index contributed by atoms with van der Waals surface area (Å²) in [5, 5.41) is 56.3. The number of hydrogen-bond donors (Lipinski definition) is 6. The normalized spacial score (nSPS) is 13.4. The van der Waals surface area contributed by atoms with Gasteiger partial charge < -0.3 is 51.1 Å². The third-order valence-corrected chi connectivity index (χ3v) is 3.11. The molecule has 174 valence electrons. The number of rotatable bonds is 12. The van der Waals surface area contributed by atoms with Crippen LogP contribution in [0.1, 0.15) is 25.7 Å². The van der Waals surface area contributed by atoms with Gasteiger partial charge in [-0.2, -0.15) is 0 Å². The van der Waals surface area contributed by atoms with Crippen molar-refractivity contribution < 1.29 is 98.4 Å². The standard InChI is InChI=1S/C14H18O14.ClH.H3N.Na/c15-1-2-27-8(18)4-14(26,12(23)24)6-10(20)28-9(19)5-13(25,11(21)22)3-7(16)17;;;/h15,25-26H,1-6H2,(H,16,17)(H,21,22)(H,23,24);1H;1H3;/q;;;+1/p-1. The Balaban J connectivity index is -0.00000121. The van der Waals surface area contributed by atoms with Gasteiger partial charge in [-0.3, -0.25) is 19.2 Å². The topological polar surface area (TPSA) is 280 Å². The summed E-state index contributed by atoms with van der Waals surface area (Å²) in [6.07, 6.45) is -5.70. The maximum atomic E-state index is 11.6. The van der Waals surface area contributed by atoms with Gasteiger partial charge in [0.2, 0.25) is 0 Å². The van der Waals surface area contributed by atoms with E-state index in [2.05, 4.69) is 9.47 Å². The zero-order chi connectivity index (χ0) is 22.1. The molecular formula is C14H21ClNNaO14. The first kappa shape index (κ1) is 36.5. The summed E-state index contributed by atoms with van der Waals surface area (Å²) in [6, 6.07) is 0. The van der Waals surface area contributed by atoms with Crippen LogP contribution in [0.25, 0.3) is 0 Å². The SMILES string of the molecule is Cl.N.O=C(O)CC(O)(CC(=O)OC(=O)CC(O)(CC(=O)OCCO)C(=O)[O-])C(=O)O.[Na+]. The molecule has 0 aromatic carbocycles. The maximum Gasteiger partial charge on any atom is 1.00 e. The molecule has 0 amide bonds. The number of carbonyl (C=O) groups is 6. The molecule has 17 heteroatoms. The van der Waals surface area contributed by atoms with Crippen LogP contribution in [0.4, 0.5) is 0 Å². The van der Waals surface area contributed by atoms with Crippen LogP contribution < -0.4 is 40.8 Å². The number of carboxylic acids is 3. The molecule has 8 N–H and O–H groups in total. The summed E-state index contributed by atoms with van der Waals surface area (Å²) >= 11 is 0. The summed E-state index contributed by atoms with van der Waals surface area (Å²) in [5.41, 5.74) is -6.27. The fourth-order valence-electron chi connectivity index (χ4n) is 1.80. The molecular weight excluding hydrogens is 465 g/mol. The van der Waals surface area contributed by atoms with Gasteiger partial charge >= 0.3 is 59.4 Å². The van der Waals surface area contributed by atoms with E-state index in [1.165, 1.54) is 0 Å². The van der Waals surface area contributed by atoms with E-state index in [9.17, 15) is 44.1 Å². The van der Waals surface area contributed by atoms with E-state index < -0.39 is 85.9 Å². The number of hydrogen-bond acceptors (Lipinski definition) is 13. The van der Waals surface area contributed by atoms with Crippen LogP contribution in [-0.2, 0) is 38.2 Å². The van der Waals surface area contributed by atoms with Crippen LogP contribution in [-0.4, -0.2) is 85.8 Å². The first-order chi connectivity index (χ1) is 12.8. The van der Waals surface area contributed by atoms with Crippen molar-refractivity contribution in [2.75, 3.05) is 13.2 Å². The molecule has 0 aliphatic carbocycles. The Morgan fingerprint density at radius 1 is 0.806 bits per heavy atom. The summed E-state index contributed by atoms with van der Waals surface area (Å²) in [5.74, 6) is -11.0. The minimum absolute atomic E-state index is 0. The maximum absolute atomic E-state index is 11.6. The number of aliphatic hydroxyl groups is 3. The van der Waals surface area contributed by atoms with E-state index in [1.54, 1.807) is 0 Å². The van der Waals surface area contributed by atoms with E-state index in [4.69, 9.17) is 15.3 Å². The number of aliphatic carboxylic acids is 3. The predicted molar refractivity (Wildman–Crippen MR) is 90.1 cm³/mol. The minimum Gasteiger partial charge on any atom is -0.547 e. The molecule has 0 radical (unpaired) electrons. The molecule has 0 fully saturated rings. The Morgan fingerprint density at radius 2 is 1.23 bits per heavy atom. The molecule has 0 aromatic rings. The van der Waals surface area contributed by atoms with Gasteiger partial charge in [-0.25, -0.2) is 4.79 Å². The Labute approximate surface area is 202 Å². The Bertz CT molecular complexity index is 673. The van der Waals surface area contributed by atoms with Crippen molar-refractivity contribution in [3.8, 4) is 0 Å². The fourth-order valence-corrected chi connectivity index (χ4v) is 1.80. The molecule has 0 saturated heterocycles. The van der Waals surface area contributed by atoms with Crippen molar-refractivity contribution in [2.24, 2.45) is 0 Å². The molecule has 15 nitrogen and oxygen atoms in total. The quantitative estimate of drug-likeness (QED) is 0.0850. The van der Waals surface area contributed by atoms with Crippen LogP contribution in [0.5, 0.6) is 0 Å². The molecule has 0 saturated carbocycles. The summed E-state index contributed by atoms with van der Waals surface area (Å²) in [4.78, 5) is 67.0. The van der Waals surface area contributed by atoms with Crippen LogP contribution in [0.2, 0.25) is 0 Å². The van der Waals surface area contributed by atoms with E-state index in [0.717, 1.165) is 0 Å². The van der Waals surface area contributed by atoms with Crippen LogP contribution in [0.15, 0.2) is 0 Å². The van der Waals surface area contributed by atoms with Crippen LogP contribution in [0, 0.1) is 0 Å². The van der Waals surface area contributed by atoms with Gasteiger partial charge in [0.1, 0.15) is 12.2 Å². The minimum atomic E-state index is -3.16. The third kappa shape index (κ3) is 13.2. The zero-order valence-corrected chi connectivity index (χ0v) is 19.1. The summed E-state index contributed by atoms with van der Waals surface area (Å²) < 4.78 is 8.36. The van der Waals surface area contributed by atoms with Gasteiger partial charge in [-0.05, 0) is 0 Å². The fraction of sp³-hybridized carbons (Fsp3) is 0.571. The predicted octanol–water partition coefficient (Wildman–Crippen LogP) is -6.88. The Kier molecular flexibility index (Phi) is 18.7. The second kappa shape index (κ2) is 15.9. The molecule has 0 spiro atoms. The van der Waals surface area contributed by atoms with Gasteiger partial charge in [0.25, 0.3) is 0 Å². The van der Waals surface area contributed by atoms with Gasteiger partial charge in [0, 0.05) is 0 Å². The van der Waals surface area contributed by atoms with E-state index in [1.807, 2.05) is 0 Å². The number of ether oxygens (including phenoxy) is 2. The van der Waals surface area contributed by atoms with E-state index >= 15 is 0 Å². The number of esters is 3. The average molecular weight is 486 g/mol. The van der Waals surface area contributed by atoms with Crippen LogP contribution >= 0.6 is 12.4 Å². The molecule has 0 aliphatic rings. The average Bonchev–Trinajstić information content (AvgIpc) is 2.50. The van der Waals surface area contributed by atoms with Crippen molar-refractivity contribution in [2.45, 2.75) is 36.9 Å². The number of carboxylic acid groups (broad SMARTS) is 3. The van der Waals surface area contributed by atoms with Crippen molar-refractivity contribution in [3.05, 3.63) is 0 Å². The van der Waals surface area contributed by atoms with E-state index in [-0.39, 0.29) is 48.1 Å². The molecule has 0 aliphatic heterocycles. The largest absolute Gasteiger partial charge is 1.00 e. The molecule has 0 bridgehead atoms. The smallest absolute Gasteiger partial charge is 0.547 e. The second-order valence-electron chi connectivity index (χ2n) is 5.55. The van der Waals surface area contributed by atoms with Crippen molar-refractivity contribution in [1.82, 2.24) is 6.15 Å². The van der Waals surface area contributed by atoms with Crippen molar-refractivity contribution in [1.29, 1.82) is 0 Å². The van der Waals surface area contributed by atoms with Gasteiger partial charge in [-0.15, -0.1) is 12.4 Å². The van der Waals surface area contributed by atoms with Gasteiger partial charge in [0.15, 0.2) is 5.60 Å². The van der Waals surface area contributed by atoms with Gasteiger partial charge in [-0.1, -0.05) is 0 Å². The van der Waals surface area contributed by atoms with Gasteiger partial charge in [0.05, 0.1) is 38.3 Å². The number of aliphatic hydroxyl groups excluding tert-OH is 1. The molecule has 0 rings (SSSR count). The second-order valence-corrected chi connectivity index (χ2v) is 5.55. The molecule has 0 aromatic heterocycles. The Hall–Kier alpha value is -1.85. The Morgan fingerprint density at radius 3 is 1.58 bits per heavy atom. The molecule has 0 heterocycles. The zero-order valence-electron chi connectivity index (χ0n) is 16.3. The van der Waals surface area contributed by atoms with Crippen molar-refractivity contribution in [3.63, 3.8) is 0 Å². The first-order valence-corrected chi connectivity index (χ1v) is 7.37. The number of halogens is 1. The summed E-state index contributed by atoms with van der Waals surface area (Å²) in [6.45, 7) is -1.13. The monoisotopic (exact) mass is 485 g/mol. The first-order valence-electron chi connectivity index (χ1n) is 7.37. The van der Waals surface area contributed by atoms with Crippen LogP contribution in [0.3, 0.4) is 0 Å². The summed E-state index contributed by atoms with van der Waals surface area (Å²) in [7, 11) is 0. The van der Waals surface area contributed by atoms with Crippen molar-refractivity contribution >= 4 is 48.2 Å². The number of carbonyl (C=O) groups excluding carboxylic acids is 4. The molecule has 2 atom stereocenters. The molecule has 2 unspecified atom stereocenters.